The summed E-state index contributed by atoms with van der Waals surface area (Å²) in [5.74, 6) is 1.72. The van der Waals surface area contributed by atoms with Crippen molar-refractivity contribution in [2.24, 2.45) is 0 Å². The standard InChI is InChI=1S/C51H30N4OS.C2H6/c1-2-12-31(13-3-1)49-52-50(35-24-26-39-38-17-5-8-22-44(38)56-45(39)30-35)54-51(53-49)55-43-21-7-4-16-37(43)41-20-11-19-36(48(41)55)34-15-10-14-32(28-34)33-25-27-47-42(29-33)40-18-6-9-23-46(40)57-47;1-2/h1-30H;1-2H3. The number of hydrogen-bond donors (Lipinski definition) is 0. The number of fused-ring (bicyclic) bond motifs is 9. The van der Waals surface area contributed by atoms with Crippen molar-refractivity contribution < 1.29 is 4.42 Å². The molecule has 4 heterocycles. The normalized spacial score (nSPS) is 11.6. The number of furan rings is 1. The summed E-state index contributed by atoms with van der Waals surface area (Å²) in [6.07, 6.45) is 0. The van der Waals surface area contributed by atoms with Crippen molar-refractivity contribution in [2.45, 2.75) is 13.8 Å². The number of para-hydroxylation sites is 3. The lowest BCUT2D eigenvalue weighted by Crippen LogP contribution is -2.07. The van der Waals surface area contributed by atoms with Gasteiger partial charge in [-0.1, -0.05) is 147 Å². The SMILES string of the molecule is CC.c1ccc(-c2nc(-c3ccc4c(c3)oc3ccccc34)nc(-n3c4ccccc4c4cccc(-c5cccc(-c6ccc7sc8ccccc8c7c6)c5)c43)n2)cc1. The van der Waals surface area contributed by atoms with Gasteiger partial charge in [0.25, 0.3) is 0 Å². The molecule has 0 radical (unpaired) electrons. The van der Waals surface area contributed by atoms with E-state index in [9.17, 15) is 0 Å². The third kappa shape index (κ3) is 5.79. The van der Waals surface area contributed by atoms with Crippen LogP contribution in [0.3, 0.4) is 0 Å². The molecule has 0 aliphatic carbocycles. The van der Waals surface area contributed by atoms with Gasteiger partial charge in [-0.15, -0.1) is 11.3 Å². The van der Waals surface area contributed by atoms with E-state index in [1.807, 2.05) is 79.8 Å². The minimum atomic E-state index is 0.549. The molecule has 12 aromatic rings. The number of aromatic nitrogens is 4. The van der Waals surface area contributed by atoms with Crippen LogP contribution in [0.4, 0.5) is 0 Å². The molecule has 0 amide bonds. The van der Waals surface area contributed by atoms with Crippen molar-refractivity contribution >= 4 is 75.3 Å². The van der Waals surface area contributed by atoms with Crippen LogP contribution in [0.2, 0.25) is 0 Å². The summed E-state index contributed by atoms with van der Waals surface area (Å²) < 4.78 is 11.1. The lowest BCUT2D eigenvalue weighted by molar-refractivity contribution is 0.669. The van der Waals surface area contributed by atoms with Crippen molar-refractivity contribution in [2.75, 3.05) is 0 Å². The second-order valence-electron chi connectivity index (χ2n) is 14.4. The van der Waals surface area contributed by atoms with Gasteiger partial charge < -0.3 is 4.42 Å². The molecule has 0 aliphatic rings. The van der Waals surface area contributed by atoms with Gasteiger partial charge in [-0.3, -0.25) is 4.57 Å². The van der Waals surface area contributed by atoms with Crippen LogP contribution in [0.25, 0.3) is 115 Å². The first kappa shape index (κ1) is 34.8. The fourth-order valence-corrected chi connectivity index (χ4v) is 9.49. The van der Waals surface area contributed by atoms with Gasteiger partial charge >= 0.3 is 0 Å². The number of hydrogen-bond acceptors (Lipinski definition) is 5. The van der Waals surface area contributed by atoms with Crippen LogP contribution in [0, 0.1) is 0 Å². The first-order chi connectivity index (χ1) is 29.2. The Hall–Kier alpha value is -7.41. The van der Waals surface area contributed by atoms with Gasteiger partial charge in [0, 0.05) is 58.4 Å². The lowest BCUT2D eigenvalue weighted by atomic mass is 9.96. The Morgan fingerprint density at radius 3 is 1.92 bits per heavy atom. The summed E-state index contributed by atoms with van der Waals surface area (Å²) in [6.45, 7) is 4.00. The maximum atomic E-state index is 6.31. The fourth-order valence-electron chi connectivity index (χ4n) is 8.41. The molecule has 12 rings (SSSR count). The molecular formula is C53H36N4OS. The van der Waals surface area contributed by atoms with E-state index < -0.39 is 0 Å². The molecule has 0 unspecified atom stereocenters. The third-order valence-corrected chi connectivity index (χ3v) is 12.2. The van der Waals surface area contributed by atoms with Crippen molar-refractivity contribution in [3.8, 4) is 51.0 Å². The van der Waals surface area contributed by atoms with Gasteiger partial charge in [-0.25, -0.2) is 4.98 Å². The highest BCUT2D eigenvalue weighted by atomic mass is 32.1. The van der Waals surface area contributed by atoms with E-state index in [4.69, 9.17) is 19.4 Å². The highest BCUT2D eigenvalue weighted by molar-refractivity contribution is 7.25. The number of thiophene rings is 1. The van der Waals surface area contributed by atoms with Crippen molar-refractivity contribution in [3.63, 3.8) is 0 Å². The predicted molar refractivity (Wildman–Crippen MR) is 247 cm³/mol. The summed E-state index contributed by atoms with van der Waals surface area (Å²) >= 11 is 1.84. The van der Waals surface area contributed by atoms with Crippen molar-refractivity contribution in [3.05, 3.63) is 182 Å². The Balaban J connectivity index is 0.00000196. The molecular weight excluding hydrogens is 741 g/mol. The van der Waals surface area contributed by atoms with Gasteiger partial charge in [-0.2, -0.15) is 9.97 Å². The first-order valence-corrected chi connectivity index (χ1v) is 20.8. The van der Waals surface area contributed by atoms with Crippen LogP contribution >= 0.6 is 11.3 Å². The molecule has 0 aliphatic heterocycles. The second-order valence-corrected chi connectivity index (χ2v) is 15.5. The molecule has 0 N–H and O–H groups in total. The summed E-state index contributed by atoms with van der Waals surface area (Å²) in [4.78, 5) is 15.6. The van der Waals surface area contributed by atoms with Crippen LogP contribution in [0.5, 0.6) is 0 Å². The van der Waals surface area contributed by atoms with E-state index in [0.717, 1.165) is 66.0 Å². The Morgan fingerprint density at radius 1 is 0.407 bits per heavy atom. The zero-order valence-electron chi connectivity index (χ0n) is 32.4. The van der Waals surface area contributed by atoms with E-state index in [0.29, 0.717) is 17.6 Å². The fraction of sp³-hybridized carbons (Fsp3) is 0.0377. The number of nitrogens with zero attached hydrogens (tertiary/aromatic N) is 4. The van der Waals surface area contributed by atoms with E-state index in [-0.39, 0.29) is 0 Å². The Kier molecular flexibility index (Phi) is 8.38. The van der Waals surface area contributed by atoms with E-state index in [1.54, 1.807) is 0 Å². The van der Waals surface area contributed by atoms with Crippen molar-refractivity contribution in [1.29, 1.82) is 0 Å². The average Bonchev–Trinajstić information content (AvgIpc) is 3.99. The van der Waals surface area contributed by atoms with Crippen molar-refractivity contribution in [1.82, 2.24) is 19.5 Å². The predicted octanol–water partition coefficient (Wildman–Crippen LogP) is 14.9. The molecule has 0 saturated carbocycles. The van der Waals surface area contributed by atoms with Gasteiger partial charge in [0.15, 0.2) is 11.6 Å². The van der Waals surface area contributed by atoms with Crippen LogP contribution in [-0.4, -0.2) is 19.5 Å². The number of rotatable bonds is 5. The van der Waals surface area contributed by atoms with E-state index in [1.165, 1.54) is 31.3 Å². The Bertz CT molecular complexity index is 3540. The minimum Gasteiger partial charge on any atom is -0.456 e. The summed E-state index contributed by atoms with van der Waals surface area (Å²) in [7, 11) is 0. The van der Waals surface area contributed by atoms with Gasteiger partial charge in [0.05, 0.1) is 11.0 Å². The van der Waals surface area contributed by atoms with Crippen LogP contribution in [-0.2, 0) is 0 Å². The lowest BCUT2D eigenvalue weighted by Gasteiger charge is -2.13. The maximum absolute atomic E-state index is 6.31. The molecule has 59 heavy (non-hydrogen) atoms. The summed E-state index contributed by atoms with van der Waals surface area (Å²) in [6, 6.07) is 64.0. The van der Waals surface area contributed by atoms with Gasteiger partial charge in [0.1, 0.15) is 11.2 Å². The van der Waals surface area contributed by atoms with Crippen LogP contribution in [0.15, 0.2) is 186 Å². The zero-order chi connectivity index (χ0) is 39.5. The molecule has 0 atom stereocenters. The summed E-state index contributed by atoms with van der Waals surface area (Å²) in [5, 5.41) is 7.00. The molecule has 280 valence electrons. The third-order valence-electron chi connectivity index (χ3n) is 11.1. The smallest absolute Gasteiger partial charge is 0.238 e. The van der Waals surface area contributed by atoms with E-state index in [2.05, 4.69) is 132 Å². The molecule has 5 nitrogen and oxygen atoms in total. The Morgan fingerprint density at radius 2 is 1.03 bits per heavy atom. The monoisotopic (exact) mass is 776 g/mol. The van der Waals surface area contributed by atoms with Gasteiger partial charge in [-0.05, 0) is 65.2 Å². The minimum absolute atomic E-state index is 0.549. The second kappa shape index (κ2) is 14.2. The highest BCUT2D eigenvalue weighted by Gasteiger charge is 2.21. The Labute approximate surface area is 344 Å². The van der Waals surface area contributed by atoms with Gasteiger partial charge in [0.2, 0.25) is 5.95 Å². The first-order valence-electron chi connectivity index (χ1n) is 20.0. The quantitative estimate of drug-likeness (QED) is 0.175. The highest BCUT2D eigenvalue weighted by Crippen LogP contribution is 2.41. The molecule has 8 aromatic carbocycles. The van der Waals surface area contributed by atoms with Crippen LogP contribution in [0.1, 0.15) is 13.8 Å². The van der Waals surface area contributed by atoms with Crippen LogP contribution < -0.4 is 0 Å². The zero-order valence-corrected chi connectivity index (χ0v) is 33.2. The topological polar surface area (TPSA) is 56.7 Å². The molecule has 6 heteroatoms. The molecule has 0 saturated heterocycles. The molecule has 0 bridgehead atoms. The average molecular weight is 777 g/mol. The number of benzene rings is 8. The van der Waals surface area contributed by atoms with E-state index >= 15 is 0 Å². The largest absolute Gasteiger partial charge is 0.456 e. The molecule has 0 fully saturated rings. The molecule has 0 spiro atoms. The summed E-state index contributed by atoms with van der Waals surface area (Å²) in [5.41, 5.74) is 10.0. The maximum Gasteiger partial charge on any atom is 0.238 e. The molecule has 4 aromatic heterocycles.